The quantitative estimate of drug-likeness (QED) is 0.878. The first-order valence-corrected chi connectivity index (χ1v) is 6.79. The average molecular weight is 295 g/mol. The van der Waals surface area contributed by atoms with E-state index in [0.717, 1.165) is 6.54 Å². The number of halogens is 1. The summed E-state index contributed by atoms with van der Waals surface area (Å²) in [7, 11) is 0. The van der Waals surface area contributed by atoms with Gasteiger partial charge in [0.2, 0.25) is 0 Å². The van der Waals surface area contributed by atoms with Crippen molar-refractivity contribution < 1.29 is 0 Å². The van der Waals surface area contributed by atoms with Crippen LogP contribution in [0.2, 0.25) is 0 Å². The van der Waals surface area contributed by atoms with Gasteiger partial charge in [0, 0.05) is 28.1 Å². The van der Waals surface area contributed by atoms with Gasteiger partial charge in [-0.3, -0.25) is 0 Å². The van der Waals surface area contributed by atoms with Crippen LogP contribution in [0.3, 0.4) is 0 Å². The van der Waals surface area contributed by atoms with Gasteiger partial charge in [-0.2, -0.15) is 0 Å². The van der Waals surface area contributed by atoms with Crippen LogP contribution in [0.5, 0.6) is 0 Å². The first-order chi connectivity index (χ1) is 8.00. The predicted molar refractivity (Wildman–Crippen MR) is 77.4 cm³/mol. The molecular formula is C14H19BrN2. The van der Waals surface area contributed by atoms with E-state index in [1.165, 1.54) is 32.2 Å². The number of aromatic nitrogens is 1. The van der Waals surface area contributed by atoms with E-state index in [9.17, 15) is 0 Å². The molecule has 0 amide bonds. The third-order valence-electron chi connectivity index (χ3n) is 3.07. The first-order valence-electron chi connectivity index (χ1n) is 6.00. The highest BCUT2D eigenvalue weighted by atomic mass is 79.9. The molecule has 17 heavy (non-hydrogen) atoms. The third-order valence-corrected chi connectivity index (χ3v) is 3.94. The van der Waals surface area contributed by atoms with E-state index < -0.39 is 0 Å². The van der Waals surface area contributed by atoms with Crippen LogP contribution in [0.1, 0.15) is 30.7 Å². The molecule has 2 aromatic rings. The molecule has 0 saturated heterocycles. The van der Waals surface area contributed by atoms with Crippen LogP contribution >= 0.6 is 15.9 Å². The van der Waals surface area contributed by atoms with Crippen molar-refractivity contribution in [3.05, 3.63) is 33.4 Å². The maximum atomic E-state index is 3.72. The Morgan fingerprint density at radius 2 is 1.88 bits per heavy atom. The molecule has 2 nitrogen and oxygen atoms in total. The highest BCUT2D eigenvalue weighted by molar-refractivity contribution is 9.10. The van der Waals surface area contributed by atoms with Gasteiger partial charge < -0.3 is 10.3 Å². The van der Waals surface area contributed by atoms with Gasteiger partial charge in [-0.25, -0.2) is 0 Å². The Labute approximate surface area is 111 Å². The normalized spacial score (nSPS) is 11.6. The fourth-order valence-corrected chi connectivity index (χ4v) is 2.79. The monoisotopic (exact) mass is 294 g/mol. The Morgan fingerprint density at radius 3 is 2.47 bits per heavy atom. The zero-order valence-corrected chi connectivity index (χ0v) is 12.4. The number of rotatable bonds is 3. The van der Waals surface area contributed by atoms with Gasteiger partial charge in [0.15, 0.2) is 0 Å². The van der Waals surface area contributed by atoms with Crippen molar-refractivity contribution in [1.82, 2.24) is 10.3 Å². The number of H-pyrrole nitrogens is 1. The third kappa shape index (κ3) is 2.40. The van der Waals surface area contributed by atoms with Crippen molar-refractivity contribution in [2.24, 2.45) is 0 Å². The minimum absolute atomic E-state index is 0.496. The number of aromatic amines is 1. The van der Waals surface area contributed by atoms with Crippen LogP contribution in [0.25, 0.3) is 10.9 Å². The SMILES string of the molecule is Cc1ccc(C)c2c(Br)c(CNC(C)C)[nH]c12. The van der Waals surface area contributed by atoms with Crippen LogP contribution < -0.4 is 5.32 Å². The van der Waals surface area contributed by atoms with Crippen molar-refractivity contribution in [1.29, 1.82) is 0 Å². The van der Waals surface area contributed by atoms with Gasteiger partial charge >= 0.3 is 0 Å². The summed E-state index contributed by atoms with van der Waals surface area (Å²) in [6.45, 7) is 9.48. The molecule has 0 unspecified atom stereocenters. The summed E-state index contributed by atoms with van der Waals surface area (Å²) in [5, 5.41) is 4.75. The molecular weight excluding hydrogens is 276 g/mol. The predicted octanol–water partition coefficient (Wildman–Crippen LogP) is 4.05. The van der Waals surface area contributed by atoms with Gasteiger partial charge in [-0.1, -0.05) is 26.0 Å². The lowest BCUT2D eigenvalue weighted by Gasteiger charge is -2.06. The zero-order chi connectivity index (χ0) is 12.6. The maximum absolute atomic E-state index is 3.72. The molecule has 0 aliphatic rings. The molecule has 0 fully saturated rings. The minimum atomic E-state index is 0.496. The Balaban J connectivity index is 2.49. The lowest BCUT2D eigenvalue weighted by molar-refractivity contribution is 0.582. The maximum Gasteiger partial charge on any atom is 0.0500 e. The second-order valence-corrected chi connectivity index (χ2v) is 5.70. The zero-order valence-electron chi connectivity index (χ0n) is 10.8. The van der Waals surface area contributed by atoms with Crippen LogP contribution in [0, 0.1) is 13.8 Å². The van der Waals surface area contributed by atoms with Crippen LogP contribution in [-0.2, 0) is 6.54 Å². The van der Waals surface area contributed by atoms with Crippen LogP contribution in [0.4, 0.5) is 0 Å². The number of hydrogen-bond donors (Lipinski definition) is 2. The first kappa shape index (κ1) is 12.7. The average Bonchev–Trinajstić information content (AvgIpc) is 2.60. The van der Waals surface area contributed by atoms with E-state index in [1.54, 1.807) is 0 Å². The molecule has 1 aromatic heterocycles. The molecule has 2 N–H and O–H groups in total. The Bertz CT molecular complexity index is 541. The largest absolute Gasteiger partial charge is 0.356 e. The van der Waals surface area contributed by atoms with Gasteiger partial charge in [-0.05, 0) is 40.9 Å². The smallest absolute Gasteiger partial charge is 0.0500 e. The van der Waals surface area contributed by atoms with Crippen molar-refractivity contribution in [3.63, 3.8) is 0 Å². The van der Waals surface area contributed by atoms with Gasteiger partial charge in [-0.15, -0.1) is 0 Å². The van der Waals surface area contributed by atoms with Crippen molar-refractivity contribution in [3.8, 4) is 0 Å². The van der Waals surface area contributed by atoms with E-state index in [-0.39, 0.29) is 0 Å². The van der Waals surface area contributed by atoms with Crippen molar-refractivity contribution in [2.75, 3.05) is 0 Å². The Hall–Kier alpha value is -0.800. The van der Waals surface area contributed by atoms with Crippen molar-refractivity contribution >= 4 is 26.8 Å². The molecule has 0 aliphatic heterocycles. The summed E-state index contributed by atoms with van der Waals surface area (Å²) in [5.41, 5.74) is 5.08. The van der Waals surface area contributed by atoms with Gasteiger partial charge in [0.25, 0.3) is 0 Å². The Kier molecular flexibility index (Phi) is 3.59. The highest BCUT2D eigenvalue weighted by Gasteiger charge is 2.12. The number of aryl methyl sites for hydroxylation is 2. The van der Waals surface area contributed by atoms with E-state index in [2.05, 4.69) is 66.1 Å². The van der Waals surface area contributed by atoms with Crippen molar-refractivity contribution in [2.45, 2.75) is 40.3 Å². The van der Waals surface area contributed by atoms with Crippen LogP contribution in [0.15, 0.2) is 16.6 Å². The number of benzene rings is 1. The number of hydrogen-bond acceptors (Lipinski definition) is 1. The van der Waals surface area contributed by atoms with E-state index in [1.807, 2.05) is 0 Å². The second kappa shape index (κ2) is 4.83. The standard InChI is InChI=1S/C14H19BrN2/c1-8(2)16-7-11-13(15)12-9(3)5-6-10(4)14(12)17-11/h5-6,8,16-17H,7H2,1-4H3. The summed E-state index contributed by atoms with van der Waals surface area (Å²) in [6, 6.07) is 4.84. The fraction of sp³-hybridized carbons (Fsp3) is 0.429. The molecule has 2 rings (SSSR count). The molecule has 0 spiro atoms. The van der Waals surface area contributed by atoms with Crippen LogP contribution in [-0.4, -0.2) is 11.0 Å². The summed E-state index contributed by atoms with van der Waals surface area (Å²) < 4.78 is 1.20. The summed E-state index contributed by atoms with van der Waals surface area (Å²) in [4.78, 5) is 3.52. The Morgan fingerprint density at radius 1 is 1.24 bits per heavy atom. The van der Waals surface area contributed by atoms with Gasteiger partial charge in [0.05, 0.1) is 5.52 Å². The highest BCUT2D eigenvalue weighted by Crippen LogP contribution is 2.32. The number of nitrogens with one attached hydrogen (secondary N) is 2. The molecule has 0 saturated carbocycles. The fourth-order valence-electron chi connectivity index (χ4n) is 2.04. The molecule has 0 radical (unpaired) electrons. The van der Waals surface area contributed by atoms with Gasteiger partial charge in [0.1, 0.15) is 0 Å². The molecule has 0 atom stereocenters. The lowest BCUT2D eigenvalue weighted by Crippen LogP contribution is -2.22. The molecule has 1 aromatic carbocycles. The summed E-state index contributed by atoms with van der Waals surface area (Å²) in [6.07, 6.45) is 0. The van der Waals surface area contributed by atoms with E-state index >= 15 is 0 Å². The topological polar surface area (TPSA) is 27.8 Å². The molecule has 3 heteroatoms. The molecule has 0 aliphatic carbocycles. The molecule has 0 bridgehead atoms. The minimum Gasteiger partial charge on any atom is -0.356 e. The molecule has 92 valence electrons. The number of fused-ring (bicyclic) bond motifs is 1. The second-order valence-electron chi connectivity index (χ2n) is 4.90. The lowest BCUT2D eigenvalue weighted by atomic mass is 10.1. The summed E-state index contributed by atoms with van der Waals surface area (Å²) >= 11 is 3.72. The van der Waals surface area contributed by atoms with E-state index in [4.69, 9.17) is 0 Å². The van der Waals surface area contributed by atoms with E-state index in [0.29, 0.717) is 6.04 Å². The summed E-state index contributed by atoms with van der Waals surface area (Å²) in [5.74, 6) is 0. The molecule has 1 heterocycles.